The highest BCUT2D eigenvalue weighted by Crippen LogP contribution is 2.27. The van der Waals surface area contributed by atoms with Gasteiger partial charge in [-0.25, -0.2) is 0 Å². The zero-order chi connectivity index (χ0) is 12.4. The van der Waals surface area contributed by atoms with Gasteiger partial charge in [0.25, 0.3) is 0 Å². The maximum atomic E-state index is 9.44. The molecule has 2 heterocycles. The van der Waals surface area contributed by atoms with Crippen molar-refractivity contribution in [3.8, 4) is 0 Å². The first kappa shape index (κ1) is 12.4. The molecule has 0 saturated carbocycles. The molecule has 17 heavy (non-hydrogen) atoms. The third kappa shape index (κ3) is 2.30. The number of hydrogen-bond donors (Lipinski definition) is 2. The van der Waals surface area contributed by atoms with Crippen molar-refractivity contribution in [2.24, 2.45) is 13.0 Å². The van der Waals surface area contributed by atoms with Crippen LogP contribution in [0.25, 0.3) is 0 Å². The van der Waals surface area contributed by atoms with Crippen LogP contribution < -0.4 is 4.90 Å². The lowest BCUT2D eigenvalue weighted by atomic mass is 9.99. The summed E-state index contributed by atoms with van der Waals surface area (Å²) >= 11 is 0. The number of nitrogens with zero attached hydrogens (tertiary/aromatic N) is 3. The lowest BCUT2D eigenvalue weighted by Crippen LogP contribution is -2.38. The van der Waals surface area contributed by atoms with E-state index in [1.165, 1.54) is 0 Å². The summed E-state index contributed by atoms with van der Waals surface area (Å²) in [6.45, 7) is 4.00. The monoisotopic (exact) mass is 239 g/mol. The second kappa shape index (κ2) is 5.06. The SMILES string of the molecule is Cc1nn(C)c(N2CCCC(CO)C2)c1CO. The van der Waals surface area contributed by atoms with Crippen molar-refractivity contribution >= 4 is 5.82 Å². The zero-order valence-electron chi connectivity index (χ0n) is 10.6. The van der Waals surface area contributed by atoms with Crippen molar-refractivity contribution < 1.29 is 10.2 Å². The van der Waals surface area contributed by atoms with Crippen LogP contribution in [0.2, 0.25) is 0 Å². The molecule has 1 aromatic heterocycles. The number of aliphatic hydroxyl groups is 2. The Bertz CT molecular complexity index is 389. The molecular weight excluding hydrogens is 218 g/mol. The lowest BCUT2D eigenvalue weighted by molar-refractivity contribution is 0.208. The Morgan fingerprint density at radius 2 is 2.18 bits per heavy atom. The van der Waals surface area contributed by atoms with Gasteiger partial charge in [0.2, 0.25) is 0 Å². The maximum absolute atomic E-state index is 9.44. The molecule has 0 radical (unpaired) electrons. The van der Waals surface area contributed by atoms with Gasteiger partial charge in [0, 0.05) is 32.3 Å². The molecule has 1 atom stereocenters. The topological polar surface area (TPSA) is 61.5 Å². The molecule has 5 heteroatoms. The number of aryl methyl sites for hydroxylation is 2. The molecule has 0 amide bonds. The quantitative estimate of drug-likeness (QED) is 0.803. The third-order valence-corrected chi connectivity index (χ3v) is 3.55. The molecule has 1 fully saturated rings. The largest absolute Gasteiger partial charge is 0.396 e. The molecule has 1 aromatic rings. The van der Waals surface area contributed by atoms with Gasteiger partial charge >= 0.3 is 0 Å². The molecule has 0 aliphatic carbocycles. The average molecular weight is 239 g/mol. The first-order valence-corrected chi connectivity index (χ1v) is 6.16. The van der Waals surface area contributed by atoms with E-state index in [1.54, 1.807) is 0 Å². The molecule has 2 N–H and O–H groups in total. The number of aromatic nitrogens is 2. The molecule has 5 nitrogen and oxygen atoms in total. The van der Waals surface area contributed by atoms with Crippen molar-refractivity contribution in [2.45, 2.75) is 26.4 Å². The van der Waals surface area contributed by atoms with Crippen LogP contribution in [0.5, 0.6) is 0 Å². The normalized spacial score (nSPS) is 20.9. The van der Waals surface area contributed by atoms with E-state index >= 15 is 0 Å². The van der Waals surface area contributed by atoms with Crippen LogP contribution >= 0.6 is 0 Å². The highest BCUT2D eigenvalue weighted by molar-refractivity contribution is 5.50. The van der Waals surface area contributed by atoms with E-state index in [2.05, 4.69) is 10.00 Å². The predicted octanol–water partition coefficient (Wildman–Crippen LogP) is 0.430. The highest BCUT2D eigenvalue weighted by atomic mass is 16.3. The van der Waals surface area contributed by atoms with Crippen LogP contribution in [0.15, 0.2) is 0 Å². The molecule has 0 aromatic carbocycles. The minimum Gasteiger partial charge on any atom is -0.396 e. The summed E-state index contributed by atoms with van der Waals surface area (Å²) in [5.74, 6) is 1.34. The van der Waals surface area contributed by atoms with E-state index in [0.29, 0.717) is 5.92 Å². The summed E-state index contributed by atoms with van der Waals surface area (Å²) in [5.41, 5.74) is 1.79. The van der Waals surface area contributed by atoms with Crippen LogP contribution in [-0.4, -0.2) is 39.7 Å². The molecule has 0 spiro atoms. The van der Waals surface area contributed by atoms with Gasteiger partial charge in [-0.1, -0.05) is 0 Å². The summed E-state index contributed by atoms with van der Waals surface area (Å²) in [5, 5.41) is 23.1. The van der Waals surface area contributed by atoms with E-state index in [4.69, 9.17) is 0 Å². The molecule has 2 rings (SSSR count). The van der Waals surface area contributed by atoms with Gasteiger partial charge in [0.15, 0.2) is 0 Å². The Labute approximate surface area is 102 Å². The predicted molar refractivity (Wildman–Crippen MR) is 65.9 cm³/mol. The van der Waals surface area contributed by atoms with Gasteiger partial charge in [0.1, 0.15) is 5.82 Å². The number of piperidine rings is 1. The summed E-state index contributed by atoms with van der Waals surface area (Å²) in [7, 11) is 1.91. The molecule has 1 aliphatic heterocycles. The second-order valence-electron chi connectivity index (χ2n) is 4.81. The highest BCUT2D eigenvalue weighted by Gasteiger charge is 2.24. The Kier molecular flexibility index (Phi) is 3.69. The van der Waals surface area contributed by atoms with Gasteiger partial charge in [0.05, 0.1) is 12.3 Å². The van der Waals surface area contributed by atoms with Crippen LogP contribution in [-0.2, 0) is 13.7 Å². The van der Waals surface area contributed by atoms with Crippen molar-refractivity contribution in [3.63, 3.8) is 0 Å². The second-order valence-corrected chi connectivity index (χ2v) is 4.81. The fourth-order valence-corrected chi connectivity index (χ4v) is 2.68. The number of hydrogen-bond acceptors (Lipinski definition) is 4. The van der Waals surface area contributed by atoms with E-state index in [9.17, 15) is 10.2 Å². The number of rotatable bonds is 3. The van der Waals surface area contributed by atoms with Crippen molar-refractivity contribution in [1.29, 1.82) is 0 Å². The Morgan fingerprint density at radius 3 is 2.82 bits per heavy atom. The van der Waals surface area contributed by atoms with E-state index in [1.807, 2.05) is 18.7 Å². The van der Waals surface area contributed by atoms with Crippen LogP contribution in [0.4, 0.5) is 5.82 Å². The van der Waals surface area contributed by atoms with Crippen LogP contribution in [0, 0.1) is 12.8 Å². The van der Waals surface area contributed by atoms with Crippen molar-refractivity contribution in [2.75, 3.05) is 24.6 Å². The first-order chi connectivity index (χ1) is 8.17. The van der Waals surface area contributed by atoms with E-state index in [-0.39, 0.29) is 13.2 Å². The number of anilines is 1. The van der Waals surface area contributed by atoms with Gasteiger partial charge in [-0.15, -0.1) is 0 Å². The van der Waals surface area contributed by atoms with E-state index < -0.39 is 0 Å². The van der Waals surface area contributed by atoms with Crippen LogP contribution in [0.1, 0.15) is 24.1 Å². The minimum atomic E-state index is 0.0231. The molecule has 0 bridgehead atoms. The fraction of sp³-hybridized carbons (Fsp3) is 0.750. The molecule has 1 saturated heterocycles. The Hall–Kier alpha value is -1.07. The number of aliphatic hydroxyl groups excluding tert-OH is 2. The van der Waals surface area contributed by atoms with Gasteiger partial charge in [-0.2, -0.15) is 5.10 Å². The average Bonchev–Trinajstić information content (AvgIpc) is 2.63. The standard InChI is InChI=1S/C12H21N3O2/c1-9-11(8-17)12(14(2)13-9)15-5-3-4-10(6-15)7-16/h10,16-17H,3-8H2,1-2H3. The van der Waals surface area contributed by atoms with E-state index in [0.717, 1.165) is 43.0 Å². The van der Waals surface area contributed by atoms with Crippen LogP contribution in [0.3, 0.4) is 0 Å². The maximum Gasteiger partial charge on any atom is 0.132 e. The first-order valence-electron chi connectivity index (χ1n) is 6.16. The van der Waals surface area contributed by atoms with Gasteiger partial charge in [-0.05, 0) is 25.7 Å². The molecule has 1 unspecified atom stereocenters. The van der Waals surface area contributed by atoms with Crippen molar-refractivity contribution in [3.05, 3.63) is 11.3 Å². The molecular formula is C12H21N3O2. The molecule has 96 valence electrons. The smallest absolute Gasteiger partial charge is 0.132 e. The zero-order valence-corrected chi connectivity index (χ0v) is 10.6. The van der Waals surface area contributed by atoms with Gasteiger partial charge in [-0.3, -0.25) is 4.68 Å². The fourth-order valence-electron chi connectivity index (χ4n) is 2.68. The molecule has 1 aliphatic rings. The third-order valence-electron chi connectivity index (χ3n) is 3.55. The lowest BCUT2D eigenvalue weighted by Gasteiger charge is -2.33. The van der Waals surface area contributed by atoms with Gasteiger partial charge < -0.3 is 15.1 Å². The minimum absolute atomic E-state index is 0.0231. The Morgan fingerprint density at radius 1 is 1.41 bits per heavy atom. The summed E-state index contributed by atoms with van der Waals surface area (Å²) in [4.78, 5) is 2.23. The summed E-state index contributed by atoms with van der Waals surface area (Å²) in [6, 6.07) is 0. The summed E-state index contributed by atoms with van der Waals surface area (Å²) in [6.07, 6.45) is 2.17. The summed E-state index contributed by atoms with van der Waals surface area (Å²) < 4.78 is 1.83. The van der Waals surface area contributed by atoms with Crippen molar-refractivity contribution in [1.82, 2.24) is 9.78 Å². The Balaban J connectivity index is 2.26.